The zero-order valence-corrected chi connectivity index (χ0v) is 13.2. The number of amides is 1. The molecule has 2 unspecified atom stereocenters. The van der Waals surface area contributed by atoms with Crippen LogP contribution in [-0.2, 0) is 11.2 Å². The molecular weight excluding hydrogens is 260 g/mol. The molecule has 21 heavy (non-hydrogen) atoms. The van der Waals surface area contributed by atoms with Crippen molar-refractivity contribution < 1.29 is 4.79 Å². The molecule has 1 aromatic rings. The minimum atomic E-state index is -0.0120. The number of carbonyl (C=O) groups is 1. The first-order chi connectivity index (χ1) is 10.1. The number of carbonyl (C=O) groups excluding carboxylic acids is 1. The van der Waals surface area contributed by atoms with Crippen LogP contribution >= 0.6 is 0 Å². The molecule has 0 saturated carbocycles. The highest BCUT2D eigenvalue weighted by atomic mass is 16.2. The van der Waals surface area contributed by atoms with Crippen LogP contribution in [0.4, 0.5) is 0 Å². The molecule has 3 rings (SSSR count). The molecule has 3 nitrogen and oxygen atoms in total. The van der Waals surface area contributed by atoms with Crippen LogP contribution in [0.5, 0.6) is 0 Å². The molecule has 1 amide bonds. The summed E-state index contributed by atoms with van der Waals surface area (Å²) in [5.74, 6) is 0.353. The average Bonchev–Trinajstić information content (AvgIpc) is 3.05. The molecule has 2 aliphatic rings. The Morgan fingerprint density at radius 3 is 2.67 bits per heavy atom. The zero-order chi connectivity index (χ0) is 14.9. The first-order valence-corrected chi connectivity index (χ1v) is 8.16. The highest BCUT2D eigenvalue weighted by Gasteiger charge is 2.43. The summed E-state index contributed by atoms with van der Waals surface area (Å²) in [6.07, 6.45) is 5.38. The summed E-state index contributed by atoms with van der Waals surface area (Å²) >= 11 is 0. The van der Waals surface area contributed by atoms with Gasteiger partial charge in [0.25, 0.3) is 0 Å². The minimum Gasteiger partial charge on any atom is -0.336 e. The quantitative estimate of drug-likeness (QED) is 0.853. The van der Waals surface area contributed by atoms with E-state index in [4.69, 9.17) is 0 Å². The second-order valence-corrected chi connectivity index (χ2v) is 6.89. The number of likely N-dealkylation sites (tertiary alicyclic amines) is 2. The van der Waals surface area contributed by atoms with Crippen LogP contribution in [0.3, 0.4) is 0 Å². The third-order valence-corrected chi connectivity index (χ3v) is 5.25. The van der Waals surface area contributed by atoms with E-state index in [1.807, 2.05) is 0 Å². The molecule has 0 aliphatic carbocycles. The van der Waals surface area contributed by atoms with Crippen molar-refractivity contribution in [1.29, 1.82) is 0 Å². The Morgan fingerprint density at radius 2 is 2.00 bits per heavy atom. The third-order valence-electron chi connectivity index (χ3n) is 5.25. The molecule has 2 atom stereocenters. The van der Waals surface area contributed by atoms with Gasteiger partial charge in [-0.25, -0.2) is 0 Å². The molecule has 2 aliphatic heterocycles. The summed E-state index contributed by atoms with van der Waals surface area (Å²) in [6, 6.07) is 10.7. The fourth-order valence-corrected chi connectivity index (χ4v) is 4.02. The minimum absolute atomic E-state index is 0.0120. The maximum Gasteiger partial charge on any atom is 0.240 e. The lowest BCUT2D eigenvalue weighted by atomic mass is 9.89. The molecule has 2 fully saturated rings. The van der Waals surface area contributed by atoms with Gasteiger partial charge >= 0.3 is 0 Å². The van der Waals surface area contributed by atoms with Gasteiger partial charge in [-0.3, -0.25) is 9.69 Å². The van der Waals surface area contributed by atoms with Crippen LogP contribution in [-0.4, -0.2) is 47.4 Å². The van der Waals surface area contributed by atoms with Crippen molar-refractivity contribution in [2.45, 2.75) is 50.6 Å². The smallest absolute Gasteiger partial charge is 0.240 e. The highest BCUT2D eigenvalue weighted by Crippen LogP contribution is 2.34. The summed E-state index contributed by atoms with van der Waals surface area (Å²) in [5, 5.41) is 0. The van der Waals surface area contributed by atoms with Crippen molar-refractivity contribution in [2.24, 2.45) is 0 Å². The molecule has 0 bridgehead atoms. The van der Waals surface area contributed by atoms with Crippen molar-refractivity contribution in [1.82, 2.24) is 9.80 Å². The Hall–Kier alpha value is -1.35. The topological polar surface area (TPSA) is 23.6 Å². The Morgan fingerprint density at radius 1 is 1.24 bits per heavy atom. The number of hydrogen-bond donors (Lipinski definition) is 0. The van der Waals surface area contributed by atoms with Crippen LogP contribution in [0.15, 0.2) is 30.3 Å². The Balaban J connectivity index is 1.76. The molecule has 0 spiro atoms. The normalized spacial score (nSPS) is 30.0. The predicted octanol–water partition coefficient (Wildman–Crippen LogP) is 2.70. The number of nitrogens with zero attached hydrogens (tertiary/aromatic N) is 2. The average molecular weight is 286 g/mol. The molecule has 2 saturated heterocycles. The van der Waals surface area contributed by atoms with Gasteiger partial charge < -0.3 is 4.90 Å². The van der Waals surface area contributed by atoms with Crippen molar-refractivity contribution in [3.8, 4) is 0 Å². The molecule has 0 radical (unpaired) electrons. The number of hydrogen-bond acceptors (Lipinski definition) is 2. The molecule has 0 aromatic heterocycles. The first kappa shape index (κ1) is 14.6. The summed E-state index contributed by atoms with van der Waals surface area (Å²) in [5.41, 5.74) is 1.32. The molecule has 3 heteroatoms. The zero-order valence-electron chi connectivity index (χ0n) is 13.2. The van der Waals surface area contributed by atoms with Crippen LogP contribution in [0.1, 0.15) is 38.2 Å². The van der Waals surface area contributed by atoms with E-state index in [1.165, 1.54) is 5.56 Å². The highest BCUT2D eigenvalue weighted by molar-refractivity contribution is 5.83. The summed E-state index contributed by atoms with van der Waals surface area (Å²) in [6.45, 7) is 4.24. The molecule has 2 heterocycles. The van der Waals surface area contributed by atoms with Crippen LogP contribution in [0.25, 0.3) is 0 Å². The maximum atomic E-state index is 12.9. The van der Waals surface area contributed by atoms with Gasteiger partial charge in [0.05, 0.1) is 6.04 Å². The van der Waals surface area contributed by atoms with Crippen LogP contribution < -0.4 is 0 Å². The van der Waals surface area contributed by atoms with Gasteiger partial charge in [-0.05, 0) is 58.2 Å². The van der Waals surface area contributed by atoms with Gasteiger partial charge in [-0.15, -0.1) is 0 Å². The van der Waals surface area contributed by atoms with Crippen LogP contribution in [0.2, 0.25) is 0 Å². The van der Waals surface area contributed by atoms with Crippen molar-refractivity contribution >= 4 is 5.91 Å². The Labute approximate surface area is 127 Å². The van der Waals surface area contributed by atoms with Crippen molar-refractivity contribution in [2.75, 3.05) is 20.1 Å². The molecule has 1 aromatic carbocycles. The van der Waals surface area contributed by atoms with Crippen molar-refractivity contribution in [3.63, 3.8) is 0 Å². The third kappa shape index (κ3) is 2.84. The van der Waals surface area contributed by atoms with E-state index < -0.39 is 0 Å². The summed E-state index contributed by atoms with van der Waals surface area (Å²) in [7, 11) is 2.08. The second kappa shape index (κ2) is 5.80. The van der Waals surface area contributed by atoms with Gasteiger partial charge in [0.15, 0.2) is 0 Å². The molecular formula is C18H26N2O. The maximum absolute atomic E-state index is 12.9. The van der Waals surface area contributed by atoms with E-state index in [0.29, 0.717) is 5.91 Å². The Kier molecular flexibility index (Phi) is 4.03. The lowest BCUT2D eigenvalue weighted by molar-refractivity contribution is -0.139. The number of likely N-dealkylation sites (N-methyl/N-ethyl adjacent to an activating group) is 1. The number of benzene rings is 1. The largest absolute Gasteiger partial charge is 0.336 e. The number of rotatable bonds is 3. The van der Waals surface area contributed by atoms with Gasteiger partial charge in [0.2, 0.25) is 5.91 Å². The van der Waals surface area contributed by atoms with Gasteiger partial charge in [-0.1, -0.05) is 30.3 Å². The lowest BCUT2D eigenvalue weighted by Crippen LogP contribution is -2.52. The van der Waals surface area contributed by atoms with Gasteiger partial charge in [0.1, 0.15) is 0 Å². The standard InChI is InChI=1S/C18H26N2O/c1-18(14-15-8-4-3-5-9-15)11-7-13-20(18)17(21)16-10-6-12-19(16)2/h3-5,8-9,16H,6-7,10-14H2,1-2H3. The molecule has 0 N–H and O–H groups in total. The predicted molar refractivity (Wildman–Crippen MR) is 85.2 cm³/mol. The van der Waals surface area contributed by atoms with E-state index in [-0.39, 0.29) is 11.6 Å². The van der Waals surface area contributed by atoms with E-state index >= 15 is 0 Å². The fourth-order valence-electron chi connectivity index (χ4n) is 4.02. The van der Waals surface area contributed by atoms with Gasteiger partial charge in [-0.2, -0.15) is 0 Å². The van der Waals surface area contributed by atoms with Crippen LogP contribution in [0, 0.1) is 0 Å². The van der Waals surface area contributed by atoms with E-state index in [0.717, 1.165) is 45.2 Å². The SMILES string of the molecule is CN1CCCC1C(=O)N1CCCC1(C)Cc1ccccc1. The van der Waals surface area contributed by atoms with E-state index in [1.54, 1.807) is 0 Å². The van der Waals surface area contributed by atoms with Crippen molar-refractivity contribution in [3.05, 3.63) is 35.9 Å². The Bertz CT molecular complexity index is 501. The summed E-state index contributed by atoms with van der Waals surface area (Å²) in [4.78, 5) is 17.3. The monoisotopic (exact) mass is 286 g/mol. The fraction of sp³-hybridized carbons (Fsp3) is 0.611. The summed E-state index contributed by atoms with van der Waals surface area (Å²) < 4.78 is 0. The first-order valence-electron chi connectivity index (χ1n) is 8.16. The van der Waals surface area contributed by atoms with Gasteiger partial charge in [0, 0.05) is 12.1 Å². The van der Waals surface area contributed by atoms with E-state index in [2.05, 4.69) is 54.1 Å². The second-order valence-electron chi connectivity index (χ2n) is 6.89. The lowest BCUT2D eigenvalue weighted by Gasteiger charge is -2.38. The molecule has 114 valence electrons. The van der Waals surface area contributed by atoms with E-state index in [9.17, 15) is 4.79 Å².